The van der Waals surface area contributed by atoms with Gasteiger partial charge in [0, 0.05) is 6.54 Å². The number of benzene rings is 1. The Morgan fingerprint density at radius 1 is 1.30 bits per heavy atom. The molecule has 0 aliphatic carbocycles. The second kappa shape index (κ2) is 8.72. The molecule has 4 heteroatoms. The van der Waals surface area contributed by atoms with Crippen molar-refractivity contribution in [2.45, 2.75) is 38.3 Å². The van der Waals surface area contributed by atoms with Gasteiger partial charge in [-0.25, -0.2) is 0 Å². The molecule has 1 aromatic rings. The van der Waals surface area contributed by atoms with Crippen molar-refractivity contribution in [3.8, 4) is 0 Å². The molecular formula is C16H27N3O. The van der Waals surface area contributed by atoms with Crippen molar-refractivity contribution in [3.63, 3.8) is 0 Å². The lowest BCUT2D eigenvalue weighted by atomic mass is 10.1. The first-order valence-electron chi connectivity index (χ1n) is 7.31. The fraction of sp³-hybridized carbons (Fsp3) is 0.562. The first-order chi connectivity index (χ1) is 9.56. The van der Waals surface area contributed by atoms with Crippen molar-refractivity contribution in [1.29, 1.82) is 0 Å². The van der Waals surface area contributed by atoms with Crippen molar-refractivity contribution in [3.05, 3.63) is 35.9 Å². The Hall–Kier alpha value is -1.39. The van der Waals surface area contributed by atoms with Crippen LogP contribution in [0.5, 0.6) is 0 Å². The lowest BCUT2D eigenvalue weighted by Crippen LogP contribution is -2.43. The summed E-state index contributed by atoms with van der Waals surface area (Å²) in [4.78, 5) is 14.1. The van der Waals surface area contributed by atoms with E-state index in [2.05, 4.69) is 29.3 Å². The number of unbranched alkanes of at least 4 members (excludes halogenated alkanes) is 1. The van der Waals surface area contributed by atoms with E-state index in [0.29, 0.717) is 6.54 Å². The van der Waals surface area contributed by atoms with E-state index in [0.717, 1.165) is 19.3 Å². The summed E-state index contributed by atoms with van der Waals surface area (Å²) in [5.41, 5.74) is 7.07. The van der Waals surface area contributed by atoms with Gasteiger partial charge in [0.05, 0.1) is 12.1 Å². The van der Waals surface area contributed by atoms with Crippen molar-refractivity contribution >= 4 is 5.91 Å². The van der Waals surface area contributed by atoms with E-state index in [1.165, 1.54) is 5.56 Å². The standard InChI is InChI=1S/C16H27N3O/c1-4-5-11-14(17)16(20)18-12-15(19(2)3)13-9-7-6-8-10-13/h6-10,14-15H,4-5,11-12,17H2,1-3H3,(H,18,20). The highest BCUT2D eigenvalue weighted by molar-refractivity contribution is 5.81. The Kier molecular flexibility index (Phi) is 7.26. The molecule has 0 heterocycles. The van der Waals surface area contributed by atoms with E-state index in [-0.39, 0.29) is 11.9 Å². The van der Waals surface area contributed by atoms with Crippen LogP contribution in [0.25, 0.3) is 0 Å². The van der Waals surface area contributed by atoms with Crippen LogP contribution in [-0.4, -0.2) is 37.5 Å². The van der Waals surface area contributed by atoms with E-state index in [1.54, 1.807) is 0 Å². The Bertz CT molecular complexity index is 392. The van der Waals surface area contributed by atoms with E-state index in [9.17, 15) is 4.79 Å². The maximum Gasteiger partial charge on any atom is 0.236 e. The molecule has 1 aromatic carbocycles. The Balaban J connectivity index is 2.54. The normalized spacial score (nSPS) is 14.1. The van der Waals surface area contributed by atoms with Crippen LogP contribution in [0, 0.1) is 0 Å². The molecule has 2 atom stereocenters. The minimum atomic E-state index is -0.395. The maximum absolute atomic E-state index is 12.0. The van der Waals surface area contributed by atoms with E-state index in [4.69, 9.17) is 5.73 Å². The number of carbonyl (C=O) groups excluding carboxylic acids is 1. The molecular weight excluding hydrogens is 250 g/mol. The van der Waals surface area contributed by atoms with E-state index >= 15 is 0 Å². The zero-order chi connectivity index (χ0) is 15.0. The minimum absolute atomic E-state index is 0.0544. The lowest BCUT2D eigenvalue weighted by Gasteiger charge is -2.25. The quantitative estimate of drug-likeness (QED) is 0.763. The SMILES string of the molecule is CCCCC(N)C(=O)NCC(c1ccccc1)N(C)C. The summed E-state index contributed by atoms with van der Waals surface area (Å²) in [7, 11) is 4.03. The van der Waals surface area contributed by atoms with Gasteiger partial charge in [-0.05, 0) is 26.1 Å². The smallest absolute Gasteiger partial charge is 0.236 e. The number of hydrogen-bond acceptors (Lipinski definition) is 3. The first kappa shape index (κ1) is 16.7. The predicted octanol–water partition coefficient (Wildman–Crippen LogP) is 1.92. The lowest BCUT2D eigenvalue weighted by molar-refractivity contribution is -0.122. The zero-order valence-corrected chi connectivity index (χ0v) is 12.8. The van der Waals surface area contributed by atoms with Crippen LogP contribution in [-0.2, 0) is 4.79 Å². The predicted molar refractivity (Wildman–Crippen MR) is 83.4 cm³/mol. The molecule has 0 fully saturated rings. The van der Waals surface area contributed by atoms with Gasteiger partial charge in [-0.15, -0.1) is 0 Å². The van der Waals surface area contributed by atoms with Gasteiger partial charge < -0.3 is 16.0 Å². The second-order valence-corrected chi connectivity index (χ2v) is 5.38. The molecule has 0 aliphatic heterocycles. The fourth-order valence-electron chi connectivity index (χ4n) is 2.16. The number of nitrogens with one attached hydrogen (secondary N) is 1. The number of amides is 1. The molecule has 0 aromatic heterocycles. The second-order valence-electron chi connectivity index (χ2n) is 5.38. The van der Waals surface area contributed by atoms with Crippen molar-refractivity contribution < 1.29 is 4.79 Å². The fourth-order valence-corrected chi connectivity index (χ4v) is 2.16. The number of nitrogens with two attached hydrogens (primary N) is 1. The largest absolute Gasteiger partial charge is 0.353 e. The van der Waals surface area contributed by atoms with Gasteiger partial charge in [0.1, 0.15) is 0 Å². The van der Waals surface area contributed by atoms with E-state index in [1.807, 2.05) is 32.3 Å². The summed E-state index contributed by atoms with van der Waals surface area (Å²) in [5.74, 6) is -0.0544. The number of nitrogens with zero attached hydrogens (tertiary/aromatic N) is 1. The van der Waals surface area contributed by atoms with Crippen molar-refractivity contribution in [2.75, 3.05) is 20.6 Å². The van der Waals surface area contributed by atoms with Crippen LogP contribution in [0.3, 0.4) is 0 Å². The van der Waals surface area contributed by atoms with Gasteiger partial charge in [0.25, 0.3) is 0 Å². The van der Waals surface area contributed by atoms with Crippen molar-refractivity contribution in [1.82, 2.24) is 10.2 Å². The Labute approximate surface area is 122 Å². The van der Waals surface area contributed by atoms with Gasteiger partial charge in [-0.1, -0.05) is 50.1 Å². The average Bonchev–Trinajstić information content (AvgIpc) is 2.45. The maximum atomic E-state index is 12.0. The Morgan fingerprint density at radius 2 is 1.95 bits per heavy atom. The van der Waals surface area contributed by atoms with Crippen LogP contribution in [0.15, 0.2) is 30.3 Å². The highest BCUT2D eigenvalue weighted by atomic mass is 16.2. The molecule has 0 saturated carbocycles. The summed E-state index contributed by atoms with van der Waals surface area (Å²) in [6.45, 7) is 2.68. The molecule has 1 rings (SSSR count). The topological polar surface area (TPSA) is 58.4 Å². The molecule has 0 spiro atoms. The molecule has 0 radical (unpaired) electrons. The summed E-state index contributed by atoms with van der Waals surface area (Å²) >= 11 is 0. The van der Waals surface area contributed by atoms with Gasteiger partial charge in [-0.3, -0.25) is 4.79 Å². The minimum Gasteiger partial charge on any atom is -0.353 e. The van der Waals surface area contributed by atoms with Crippen LogP contribution >= 0.6 is 0 Å². The molecule has 4 nitrogen and oxygen atoms in total. The van der Waals surface area contributed by atoms with Crippen LogP contribution in [0.1, 0.15) is 37.8 Å². The summed E-state index contributed by atoms with van der Waals surface area (Å²) in [5, 5.41) is 2.97. The zero-order valence-electron chi connectivity index (χ0n) is 12.8. The molecule has 112 valence electrons. The third kappa shape index (κ3) is 5.31. The summed E-state index contributed by atoms with van der Waals surface area (Å²) in [6, 6.07) is 9.95. The highest BCUT2D eigenvalue weighted by Crippen LogP contribution is 2.16. The average molecular weight is 277 g/mol. The molecule has 1 amide bonds. The van der Waals surface area contributed by atoms with Crippen LogP contribution < -0.4 is 11.1 Å². The molecule has 2 unspecified atom stereocenters. The first-order valence-corrected chi connectivity index (χ1v) is 7.31. The molecule has 0 saturated heterocycles. The Morgan fingerprint density at radius 3 is 2.50 bits per heavy atom. The number of carbonyl (C=O) groups is 1. The molecule has 3 N–H and O–H groups in total. The number of rotatable bonds is 8. The van der Waals surface area contributed by atoms with Crippen LogP contribution in [0.4, 0.5) is 0 Å². The third-order valence-corrected chi connectivity index (χ3v) is 3.48. The number of likely N-dealkylation sites (N-methyl/N-ethyl adjacent to an activating group) is 1. The van der Waals surface area contributed by atoms with Gasteiger partial charge in [0.2, 0.25) is 5.91 Å². The molecule has 20 heavy (non-hydrogen) atoms. The molecule has 0 aliphatic rings. The van der Waals surface area contributed by atoms with Crippen molar-refractivity contribution in [2.24, 2.45) is 5.73 Å². The summed E-state index contributed by atoms with van der Waals surface area (Å²) in [6.07, 6.45) is 2.80. The number of hydrogen-bond donors (Lipinski definition) is 2. The van der Waals surface area contributed by atoms with Gasteiger partial charge in [-0.2, -0.15) is 0 Å². The summed E-state index contributed by atoms with van der Waals surface area (Å²) < 4.78 is 0. The van der Waals surface area contributed by atoms with E-state index < -0.39 is 6.04 Å². The monoisotopic (exact) mass is 277 g/mol. The van der Waals surface area contributed by atoms with Gasteiger partial charge >= 0.3 is 0 Å². The van der Waals surface area contributed by atoms with Gasteiger partial charge in [0.15, 0.2) is 0 Å². The third-order valence-electron chi connectivity index (χ3n) is 3.48. The highest BCUT2D eigenvalue weighted by Gasteiger charge is 2.17. The van der Waals surface area contributed by atoms with Crippen LogP contribution in [0.2, 0.25) is 0 Å². The molecule has 0 bridgehead atoms.